The minimum atomic E-state index is -0.948. The van der Waals surface area contributed by atoms with Gasteiger partial charge >= 0.3 is 0 Å². The third-order valence-electron chi connectivity index (χ3n) is 8.09. The second-order valence-electron chi connectivity index (χ2n) is 11.3. The molecule has 1 saturated heterocycles. The van der Waals surface area contributed by atoms with Gasteiger partial charge < -0.3 is 24.7 Å². The molecule has 3 aromatic rings. The van der Waals surface area contributed by atoms with Crippen molar-refractivity contribution in [1.82, 2.24) is 44.4 Å². The summed E-state index contributed by atoms with van der Waals surface area (Å²) in [5, 5.41) is 19.6. The Labute approximate surface area is 303 Å². The van der Waals surface area contributed by atoms with Crippen molar-refractivity contribution in [3.05, 3.63) is 76.3 Å². The minimum Gasteiger partial charge on any atom is -0.390 e. The second kappa shape index (κ2) is 22.7. The molecule has 0 aromatic carbocycles. The molecule has 0 saturated carbocycles. The van der Waals surface area contributed by atoms with E-state index in [-0.39, 0.29) is 12.2 Å². The molecule has 274 valence electrons. The molecule has 0 radical (unpaired) electrons. The molecule has 50 heavy (non-hydrogen) atoms. The highest BCUT2D eigenvalue weighted by atomic mass is 32.1. The minimum absolute atomic E-state index is 0.0317. The van der Waals surface area contributed by atoms with Crippen LogP contribution in [0, 0.1) is 11.3 Å². The number of halogens is 2. The number of hydrogen-bond acceptors (Lipinski definition) is 8. The van der Waals surface area contributed by atoms with Gasteiger partial charge in [-0.2, -0.15) is 10.4 Å². The predicted molar refractivity (Wildman–Crippen MR) is 204 cm³/mol. The monoisotopic (exact) mass is 710 g/mol. The molecule has 10 nitrogen and oxygen atoms in total. The van der Waals surface area contributed by atoms with Crippen LogP contribution in [-0.2, 0) is 26.6 Å². The Bertz CT molecular complexity index is 1630. The zero-order valence-corrected chi connectivity index (χ0v) is 32.0. The van der Waals surface area contributed by atoms with Crippen molar-refractivity contribution in [2.75, 3.05) is 33.2 Å². The molecule has 0 unspecified atom stereocenters. The van der Waals surface area contributed by atoms with Crippen LogP contribution < -0.4 is 10.6 Å². The molecule has 2 aliphatic rings. The molecule has 13 heteroatoms. The fourth-order valence-electron chi connectivity index (χ4n) is 5.35. The van der Waals surface area contributed by atoms with E-state index in [1.165, 1.54) is 51.4 Å². The van der Waals surface area contributed by atoms with E-state index in [0.29, 0.717) is 35.9 Å². The highest BCUT2D eigenvalue weighted by molar-refractivity contribution is 7.84. The molecule has 1 fully saturated rings. The number of fused-ring (bicyclic) bond motifs is 1. The van der Waals surface area contributed by atoms with Gasteiger partial charge in [-0.1, -0.05) is 53.5 Å². The first-order chi connectivity index (χ1) is 24.2. The molecule has 0 bridgehead atoms. The van der Waals surface area contributed by atoms with Crippen LogP contribution in [0.3, 0.4) is 0 Å². The van der Waals surface area contributed by atoms with Crippen LogP contribution in [0.2, 0.25) is 0 Å². The average molecular weight is 711 g/mol. The predicted octanol–water partition coefficient (Wildman–Crippen LogP) is 7.65. The van der Waals surface area contributed by atoms with Crippen molar-refractivity contribution < 1.29 is 8.78 Å². The maximum absolute atomic E-state index is 14.4. The smallest absolute Gasteiger partial charge is 0.186 e. The Kier molecular flexibility index (Phi) is 19.1. The summed E-state index contributed by atoms with van der Waals surface area (Å²) in [6, 6.07) is 1.96. The van der Waals surface area contributed by atoms with Gasteiger partial charge in [0.2, 0.25) is 0 Å². The molecule has 3 aromatic heterocycles. The molecule has 1 aliphatic carbocycles. The number of nitrogens with zero attached hydrogens (tertiary/aromatic N) is 8. The molecular weight excluding hydrogens is 655 g/mol. The number of hydrogen-bond donors (Lipinski definition) is 3. The number of nitrogens with one attached hydrogen (secondary N) is 2. The number of allylic oxidation sites excluding steroid dienone is 5. The van der Waals surface area contributed by atoms with Crippen LogP contribution in [0.5, 0.6) is 0 Å². The Balaban J connectivity index is 0.000000567. The van der Waals surface area contributed by atoms with Crippen LogP contribution in [0.25, 0.3) is 23.3 Å². The lowest BCUT2D eigenvalue weighted by atomic mass is 10.2. The average Bonchev–Trinajstić information content (AvgIpc) is 3.73. The van der Waals surface area contributed by atoms with E-state index in [1.807, 2.05) is 64.7 Å². The SMILES string of the molecule is CC.CC.CCN1CCCCCC1.CN/C(C)=C\n1c(-c2cnn(Cc3nc4c(n3C)CC=CC(F)=C4F)c2)cnc1CNC/C(S)=C/C#N. The largest absolute Gasteiger partial charge is 0.390 e. The maximum atomic E-state index is 14.4. The zero-order valence-electron chi connectivity index (χ0n) is 31.1. The van der Waals surface area contributed by atoms with Gasteiger partial charge in [-0.25, -0.2) is 18.7 Å². The number of likely N-dealkylation sites (tertiary alicyclic amines) is 1. The molecular formula is C37H56F2N10S. The lowest BCUT2D eigenvalue weighted by molar-refractivity contribution is 0.301. The van der Waals surface area contributed by atoms with Crippen molar-refractivity contribution >= 4 is 24.7 Å². The van der Waals surface area contributed by atoms with Gasteiger partial charge in [0.15, 0.2) is 11.7 Å². The number of imidazole rings is 2. The lowest BCUT2D eigenvalue weighted by Crippen LogP contribution is -2.23. The molecule has 0 spiro atoms. The van der Waals surface area contributed by atoms with Gasteiger partial charge in [0.05, 0.1) is 42.9 Å². The van der Waals surface area contributed by atoms with Crippen LogP contribution in [0.4, 0.5) is 8.78 Å². The van der Waals surface area contributed by atoms with E-state index in [2.05, 4.69) is 50.2 Å². The van der Waals surface area contributed by atoms with Gasteiger partial charge in [0.1, 0.15) is 17.3 Å². The van der Waals surface area contributed by atoms with Gasteiger partial charge in [-0.05, 0) is 45.5 Å². The second-order valence-corrected chi connectivity index (χ2v) is 11.9. The van der Waals surface area contributed by atoms with Gasteiger partial charge in [-0.3, -0.25) is 4.68 Å². The lowest BCUT2D eigenvalue weighted by Gasteiger charge is -2.15. The van der Waals surface area contributed by atoms with E-state index in [1.54, 1.807) is 34.8 Å². The van der Waals surface area contributed by atoms with E-state index in [0.717, 1.165) is 28.9 Å². The summed E-state index contributed by atoms with van der Waals surface area (Å²) in [5.41, 5.74) is 3.23. The Morgan fingerprint density at radius 2 is 1.78 bits per heavy atom. The highest BCUT2D eigenvalue weighted by Gasteiger charge is 2.22. The van der Waals surface area contributed by atoms with Crippen molar-refractivity contribution in [3.63, 3.8) is 0 Å². The fraction of sp³-hybridized carbons (Fsp3) is 0.514. The topological polar surface area (TPSA) is 105 Å². The summed E-state index contributed by atoms with van der Waals surface area (Å²) in [5.74, 6) is -0.535. The maximum Gasteiger partial charge on any atom is 0.186 e. The standard InChI is InChI=1S/C25H27F2N9S.C8H17N.2C2H6/c1-16(29-2)13-36-21(11-31-22(36)12-30-10-18(37)7-8-28)17-9-32-35(14-17)15-23-33-25-20(34(23)3)6-4-5-19(26)24(25)27;1-2-9-7-5-3-4-6-8-9;2*1-2/h4-5,7,9,11,13-14,29-30,37H,6,10,12,15H2,1-3H3;2-8H2,1H3;2*1-2H3/b16-13-,18-7-;;;. The molecule has 4 heterocycles. The Morgan fingerprint density at radius 3 is 2.42 bits per heavy atom. The third-order valence-corrected chi connectivity index (χ3v) is 8.38. The summed E-state index contributed by atoms with van der Waals surface area (Å²) in [7, 11) is 3.63. The Hall–Kier alpha value is -3.99. The zero-order chi connectivity index (χ0) is 37.1. The van der Waals surface area contributed by atoms with Crippen LogP contribution in [0.15, 0.2) is 53.2 Å². The summed E-state index contributed by atoms with van der Waals surface area (Å²) in [6.45, 7) is 17.3. The molecule has 0 amide bonds. The van der Waals surface area contributed by atoms with Gasteiger partial charge in [0, 0.05) is 61.7 Å². The number of thiol groups is 1. The van der Waals surface area contributed by atoms with Crippen molar-refractivity contribution in [2.24, 2.45) is 7.05 Å². The first kappa shape index (κ1) is 42.2. The van der Waals surface area contributed by atoms with Crippen LogP contribution in [0.1, 0.15) is 90.3 Å². The first-order valence-corrected chi connectivity index (χ1v) is 18.1. The summed E-state index contributed by atoms with van der Waals surface area (Å²) in [6.07, 6.45) is 17.5. The summed E-state index contributed by atoms with van der Waals surface area (Å²) >= 11 is 4.27. The normalized spacial score (nSPS) is 14.9. The molecule has 2 N–H and O–H groups in total. The number of nitriles is 1. The van der Waals surface area contributed by atoms with Crippen molar-refractivity contribution in [1.29, 1.82) is 5.26 Å². The highest BCUT2D eigenvalue weighted by Crippen LogP contribution is 2.29. The van der Waals surface area contributed by atoms with E-state index in [9.17, 15) is 8.78 Å². The van der Waals surface area contributed by atoms with Crippen LogP contribution >= 0.6 is 12.6 Å². The van der Waals surface area contributed by atoms with Gasteiger partial charge in [0.25, 0.3) is 0 Å². The number of aromatic nitrogens is 6. The van der Waals surface area contributed by atoms with E-state index >= 15 is 0 Å². The first-order valence-electron chi connectivity index (χ1n) is 17.7. The summed E-state index contributed by atoms with van der Waals surface area (Å²) < 4.78 is 33.8. The van der Waals surface area contributed by atoms with E-state index < -0.39 is 11.7 Å². The quantitative estimate of drug-likeness (QED) is 0.147. The Morgan fingerprint density at radius 1 is 1.08 bits per heavy atom. The number of rotatable bonds is 10. The molecule has 0 atom stereocenters. The van der Waals surface area contributed by atoms with Crippen molar-refractivity contribution in [2.45, 2.75) is 86.7 Å². The summed E-state index contributed by atoms with van der Waals surface area (Å²) in [4.78, 5) is 12.1. The van der Waals surface area contributed by atoms with Gasteiger partial charge in [-0.15, -0.1) is 12.6 Å². The molecule has 1 aliphatic heterocycles. The van der Waals surface area contributed by atoms with Crippen LogP contribution in [-0.4, -0.2) is 67.0 Å². The third kappa shape index (κ3) is 12.1. The fourth-order valence-corrected chi connectivity index (χ4v) is 5.52. The van der Waals surface area contributed by atoms with E-state index in [4.69, 9.17) is 5.26 Å². The molecule has 5 rings (SSSR count). The van der Waals surface area contributed by atoms with Crippen molar-refractivity contribution in [3.8, 4) is 17.3 Å².